The van der Waals surface area contributed by atoms with Crippen molar-refractivity contribution in [3.05, 3.63) is 83.4 Å². The smallest absolute Gasteiger partial charge is 0.178 e. The number of phenols is 3. The number of hydrogen-bond donors (Lipinski definition) is 3. The number of carbonyl (C=O) groups is 1. The van der Waals surface area contributed by atoms with E-state index in [-0.39, 0.29) is 28.6 Å². The van der Waals surface area contributed by atoms with Gasteiger partial charge < -0.3 is 20.1 Å². The first-order valence-corrected chi connectivity index (χ1v) is 8.15. The van der Waals surface area contributed by atoms with Crippen LogP contribution in [0.3, 0.4) is 0 Å². The number of carbonyl (C=O) groups excluding carboxylic acids is 1. The molecule has 5 nitrogen and oxygen atoms in total. The molecule has 0 bridgehead atoms. The molecule has 0 unspecified atom stereocenters. The Morgan fingerprint density at radius 3 is 2.27 bits per heavy atom. The van der Waals surface area contributed by atoms with Crippen LogP contribution in [0.1, 0.15) is 33.5 Å². The highest BCUT2D eigenvalue weighted by atomic mass is 16.5. The zero-order valence-corrected chi connectivity index (χ0v) is 13.7. The number of ketones is 1. The molecule has 4 rings (SSSR count). The maximum atomic E-state index is 13.2. The predicted molar refractivity (Wildman–Crippen MR) is 94.8 cm³/mol. The summed E-state index contributed by atoms with van der Waals surface area (Å²) in [5.74, 6) is -0.594. The van der Waals surface area contributed by atoms with Gasteiger partial charge in [-0.3, -0.25) is 4.79 Å². The number of hydrogen-bond acceptors (Lipinski definition) is 5. The fraction of sp³-hybridized carbons (Fsp3) is 0.0952. The average molecular weight is 348 g/mol. The van der Waals surface area contributed by atoms with Crippen LogP contribution in [0.2, 0.25) is 0 Å². The number of para-hydroxylation sites is 1. The van der Waals surface area contributed by atoms with Gasteiger partial charge in [0.15, 0.2) is 5.78 Å². The Labute approximate surface area is 149 Å². The van der Waals surface area contributed by atoms with Gasteiger partial charge in [-0.1, -0.05) is 30.3 Å². The summed E-state index contributed by atoms with van der Waals surface area (Å²) in [6, 6.07) is 17.7. The van der Waals surface area contributed by atoms with Crippen molar-refractivity contribution in [2.45, 2.75) is 12.0 Å². The number of aromatic hydroxyl groups is 3. The maximum Gasteiger partial charge on any atom is 0.178 e. The van der Waals surface area contributed by atoms with Crippen LogP contribution < -0.4 is 4.74 Å². The molecular weight excluding hydrogens is 332 g/mol. The van der Waals surface area contributed by atoms with E-state index in [0.717, 1.165) is 17.2 Å². The van der Waals surface area contributed by atoms with E-state index in [0.29, 0.717) is 5.75 Å². The summed E-state index contributed by atoms with van der Waals surface area (Å²) < 4.78 is 6.02. The zero-order chi connectivity index (χ0) is 18.3. The molecule has 3 aromatic rings. The van der Waals surface area contributed by atoms with Crippen LogP contribution in [0.25, 0.3) is 0 Å². The molecule has 26 heavy (non-hydrogen) atoms. The van der Waals surface area contributed by atoms with Gasteiger partial charge in [0, 0.05) is 11.6 Å². The van der Waals surface area contributed by atoms with Gasteiger partial charge in [0.1, 0.15) is 29.1 Å². The standard InChI is InChI=1S/C21H16O5/c22-13-7-5-12(6-8-13)21-19(16-3-1-2-4-18(16)26-21)20(25)15-10-9-14(23)11-17(15)24/h1-11,19,21-24H/t19-,21-/m0/s1. The number of fused-ring (bicyclic) bond motifs is 1. The van der Waals surface area contributed by atoms with Gasteiger partial charge in [-0.2, -0.15) is 0 Å². The van der Waals surface area contributed by atoms with Crippen molar-refractivity contribution >= 4 is 5.78 Å². The molecule has 0 aromatic heterocycles. The first kappa shape index (κ1) is 16.0. The molecule has 1 heterocycles. The fourth-order valence-electron chi connectivity index (χ4n) is 3.31. The van der Waals surface area contributed by atoms with E-state index in [4.69, 9.17) is 4.74 Å². The lowest BCUT2D eigenvalue weighted by atomic mass is 9.84. The average Bonchev–Trinajstić information content (AvgIpc) is 3.01. The van der Waals surface area contributed by atoms with Gasteiger partial charge in [0.25, 0.3) is 0 Å². The van der Waals surface area contributed by atoms with E-state index < -0.39 is 12.0 Å². The molecule has 130 valence electrons. The highest BCUT2D eigenvalue weighted by molar-refractivity contribution is 6.04. The third-order valence-electron chi connectivity index (χ3n) is 4.56. The number of phenolic OH excluding ortho intramolecular Hbond substituents is 3. The Morgan fingerprint density at radius 2 is 1.54 bits per heavy atom. The SMILES string of the molecule is O=C(c1ccc(O)cc1O)[C@@H]1c2ccccc2O[C@H]1c1ccc(O)cc1. The van der Waals surface area contributed by atoms with Gasteiger partial charge in [-0.05, 0) is 35.9 Å². The van der Waals surface area contributed by atoms with Crippen molar-refractivity contribution in [1.29, 1.82) is 0 Å². The third kappa shape index (κ3) is 2.63. The van der Waals surface area contributed by atoms with Crippen LogP contribution in [0.4, 0.5) is 0 Å². The molecule has 3 N–H and O–H groups in total. The minimum absolute atomic E-state index is 0.114. The number of rotatable bonds is 3. The number of Topliss-reactive ketones (excluding diaryl/α,β-unsaturated/α-hetero) is 1. The summed E-state index contributed by atoms with van der Waals surface area (Å²) >= 11 is 0. The Hall–Kier alpha value is -3.47. The molecule has 0 aliphatic carbocycles. The molecule has 0 radical (unpaired) electrons. The van der Waals surface area contributed by atoms with Crippen LogP contribution in [-0.2, 0) is 0 Å². The van der Waals surface area contributed by atoms with Crippen LogP contribution in [0.15, 0.2) is 66.7 Å². The second-order valence-corrected chi connectivity index (χ2v) is 6.21. The van der Waals surface area contributed by atoms with Crippen molar-refractivity contribution < 1.29 is 24.9 Å². The van der Waals surface area contributed by atoms with Crippen molar-refractivity contribution in [2.24, 2.45) is 0 Å². The fourth-order valence-corrected chi connectivity index (χ4v) is 3.31. The van der Waals surface area contributed by atoms with E-state index in [1.807, 2.05) is 18.2 Å². The molecule has 5 heteroatoms. The van der Waals surface area contributed by atoms with Crippen LogP contribution >= 0.6 is 0 Å². The first-order chi connectivity index (χ1) is 12.5. The molecule has 0 fully saturated rings. The molecule has 0 saturated carbocycles. The van der Waals surface area contributed by atoms with Gasteiger partial charge in [-0.15, -0.1) is 0 Å². The predicted octanol–water partition coefficient (Wildman–Crippen LogP) is 3.90. The maximum absolute atomic E-state index is 13.2. The van der Waals surface area contributed by atoms with Crippen LogP contribution in [0, 0.1) is 0 Å². The Morgan fingerprint density at radius 1 is 0.846 bits per heavy atom. The van der Waals surface area contributed by atoms with E-state index in [1.54, 1.807) is 30.3 Å². The topological polar surface area (TPSA) is 87.0 Å². The summed E-state index contributed by atoms with van der Waals surface area (Å²) in [4.78, 5) is 13.2. The highest BCUT2D eigenvalue weighted by Crippen LogP contribution is 2.48. The Balaban J connectivity index is 1.81. The molecular formula is C21H16O5. The van der Waals surface area contributed by atoms with Crippen LogP contribution in [-0.4, -0.2) is 21.1 Å². The van der Waals surface area contributed by atoms with Gasteiger partial charge in [0.2, 0.25) is 0 Å². The third-order valence-corrected chi connectivity index (χ3v) is 4.56. The molecule has 1 aliphatic heterocycles. The lowest BCUT2D eigenvalue weighted by Gasteiger charge is -2.19. The normalized spacial score (nSPS) is 18.2. The second-order valence-electron chi connectivity index (χ2n) is 6.21. The number of ether oxygens (including phenoxy) is 1. The molecule has 3 aromatic carbocycles. The molecule has 0 spiro atoms. The number of benzene rings is 3. The Bertz CT molecular complexity index is 978. The van der Waals surface area contributed by atoms with Crippen molar-refractivity contribution in [3.63, 3.8) is 0 Å². The lowest BCUT2D eigenvalue weighted by molar-refractivity contribution is 0.0893. The minimum atomic E-state index is -0.647. The Kier molecular flexibility index (Phi) is 3.77. The molecule has 0 saturated heterocycles. The summed E-state index contributed by atoms with van der Waals surface area (Å²) in [6.45, 7) is 0. The van der Waals surface area contributed by atoms with Gasteiger partial charge in [-0.25, -0.2) is 0 Å². The first-order valence-electron chi connectivity index (χ1n) is 8.15. The van der Waals surface area contributed by atoms with Gasteiger partial charge >= 0.3 is 0 Å². The summed E-state index contributed by atoms with van der Waals surface area (Å²) in [5, 5.41) is 29.1. The molecule has 2 atom stereocenters. The largest absolute Gasteiger partial charge is 0.508 e. The van der Waals surface area contributed by atoms with E-state index in [2.05, 4.69) is 0 Å². The summed E-state index contributed by atoms with van der Waals surface area (Å²) in [5.41, 5.74) is 1.61. The summed E-state index contributed by atoms with van der Waals surface area (Å²) in [6.07, 6.45) is -0.575. The molecule has 1 aliphatic rings. The van der Waals surface area contributed by atoms with Crippen LogP contribution in [0.5, 0.6) is 23.0 Å². The van der Waals surface area contributed by atoms with Crippen molar-refractivity contribution in [1.82, 2.24) is 0 Å². The van der Waals surface area contributed by atoms with Crippen molar-refractivity contribution in [3.8, 4) is 23.0 Å². The quantitative estimate of drug-likeness (QED) is 0.625. The lowest BCUT2D eigenvalue weighted by Crippen LogP contribution is -2.19. The van der Waals surface area contributed by atoms with Gasteiger partial charge in [0.05, 0.1) is 11.5 Å². The van der Waals surface area contributed by atoms with E-state index in [9.17, 15) is 20.1 Å². The summed E-state index contributed by atoms with van der Waals surface area (Å²) in [7, 11) is 0. The minimum Gasteiger partial charge on any atom is -0.508 e. The zero-order valence-electron chi connectivity index (χ0n) is 13.7. The monoisotopic (exact) mass is 348 g/mol. The highest BCUT2D eigenvalue weighted by Gasteiger charge is 2.41. The second kappa shape index (κ2) is 6.11. The van der Waals surface area contributed by atoms with Crippen molar-refractivity contribution in [2.75, 3.05) is 0 Å². The van der Waals surface area contributed by atoms with E-state index >= 15 is 0 Å². The molecule has 0 amide bonds. The van der Waals surface area contributed by atoms with E-state index in [1.165, 1.54) is 12.1 Å².